The van der Waals surface area contributed by atoms with E-state index in [1.807, 2.05) is 41.8 Å². The van der Waals surface area contributed by atoms with E-state index in [1.54, 1.807) is 24.3 Å². The van der Waals surface area contributed by atoms with Gasteiger partial charge in [0.2, 0.25) is 6.54 Å². The van der Waals surface area contributed by atoms with Gasteiger partial charge in [-0.1, -0.05) is 65.3 Å². The third kappa shape index (κ3) is 6.11. The van der Waals surface area contributed by atoms with Crippen molar-refractivity contribution in [1.82, 2.24) is 14.8 Å². The van der Waals surface area contributed by atoms with E-state index in [0.717, 1.165) is 5.69 Å². The highest BCUT2D eigenvalue weighted by Crippen LogP contribution is 2.42. The fourth-order valence-corrected chi connectivity index (χ4v) is 5.22. The van der Waals surface area contributed by atoms with Gasteiger partial charge in [-0.15, -0.1) is 10.2 Å². The average Bonchev–Trinajstić information content (AvgIpc) is 3.18. The summed E-state index contributed by atoms with van der Waals surface area (Å²) in [7, 11) is 0. The number of aromatic nitrogens is 3. The molecular weight excluding hydrogens is 514 g/mol. The number of rotatable bonds is 9. The molecule has 0 amide bonds. The normalized spacial score (nSPS) is 11.9. The zero-order chi connectivity index (χ0) is 24.9. The number of para-hydroxylation sites is 1. The maximum Gasteiger partial charge on any atom is 0.220 e. The summed E-state index contributed by atoms with van der Waals surface area (Å²) < 4.78 is 21.0. The van der Waals surface area contributed by atoms with Crippen molar-refractivity contribution in [2.75, 3.05) is 6.54 Å². The molecule has 1 heterocycles. The van der Waals surface area contributed by atoms with E-state index < -0.39 is 10.2 Å². The van der Waals surface area contributed by atoms with Gasteiger partial charge in [-0.05, 0) is 54.4 Å². The third-order valence-corrected chi connectivity index (χ3v) is 6.78. The second-order valence-corrected chi connectivity index (χ2v) is 9.54. The summed E-state index contributed by atoms with van der Waals surface area (Å²) in [5.41, 5.74) is 1.99. The molecule has 4 rings (SSSR count). The van der Waals surface area contributed by atoms with Crippen LogP contribution in [0.1, 0.15) is 22.2 Å². The van der Waals surface area contributed by atoms with Gasteiger partial charge in [0.05, 0.1) is 10.0 Å². The van der Waals surface area contributed by atoms with E-state index in [2.05, 4.69) is 10.2 Å². The molecule has 7 nitrogen and oxygen atoms in total. The Morgan fingerprint density at radius 2 is 1.80 bits per heavy atom. The Labute approximate surface area is 215 Å². The molecule has 3 aromatic carbocycles. The minimum atomic E-state index is -0.650. The summed E-state index contributed by atoms with van der Waals surface area (Å²) in [6.07, 6.45) is 0. The Morgan fingerprint density at radius 3 is 2.46 bits per heavy atom. The first-order valence-corrected chi connectivity index (χ1v) is 12.1. The number of aryl methyl sites for hydroxylation is 1. The first-order valence-electron chi connectivity index (χ1n) is 10.4. The fraction of sp³-hybridized carbons (Fsp3) is 0.167. The lowest BCUT2D eigenvalue weighted by molar-refractivity contribution is -0.479. The second-order valence-electron chi connectivity index (χ2n) is 7.55. The molecule has 0 saturated heterocycles. The molecule has 0 aliphatic carbocycles. The smallest absolute Gasteiger partial charge is 0.220 e. The molecule has 11 heteroatoms. The molecule has 0 spiro atoms. The molecule has 4 aromatic rings. The van der Waals surface area contributed by atoms with E-state index in [4.69, 9.17) is 27.9 Å². The van der Waals surface area contributed by atoms with Gasteiger partial charge in [-0.3, -0.25) is 14.7 Å². The number of nitro groups is 1. The lowest BCUT2D eigenvalue weighted by atomic mass is 10.1. The van der Waals surface area contributed by atoms with Crippen molar-refractivity contribution < 1.29 is 14.1 Å². The highest BCUT2D eigenvalue weighted by molar-refractivity contribution is 7.99. The van der Waals surface area contributed by atoms with Crippen LogP contribution in [-0.4, -0.2) is 26.2 Å². The number of thioether (sulfide) groups is 1. The number of nitrogens with zero attached hydrogens (tertiary/aromatic N) is 4. The molecule has 180 valence electrons. The van der Waals surface area contributed by atoms with E-state index in [9.17, 15) is 14.5 Å². The largest absolute Gasteiger partial charge is 0.486 e. The zero-order valence-electron chi connectivity index (χ0n) is 18.4. The molecule has 0 fully saturated rings. The maximum atomic E-state index is 13.4. The van der Waals surface area contributed by atoms with Crippen molar-refractivity contribution in [3.8, 4) is 11.4 Å². The number of ether oxygens (including phenoxy) is 1. The number of benzene rings is 3. The molecule has 1 atom stereocenters. The fourth-order valence-electron chi connectivity index (χ4n) is 3.45. The van der Waals surface area contributed by atoms with Crippen LogP contribution in [0.5, 0.6) is 5.75 Å². The van der Waals surface area contributed by atoms with Crippen molar-refractivity contribution in [3.05, 3.63) is 110 Å². The van der Waals surface area contributed by atoms with Gasteiger partial charge in [-0.25, -0.2) is 4.39 Å². The van der Waals surface area contributed by atoms with Crippen LogP contribution in [0.15, 0.2) is 71.9 Å². The van der Waals surface area contributed by atoms with E-state index in [-0.39, 0.29) is 34.8 Å². The molecule has 0 unspecified atom stereocenters. The molecule has 0 saturated carbocycles. The van der Waals surface area contributed by atoms with Crippen LogP contribution in [0.3, 0.4) is 0 Å². The Balaban J connectivity index is 1.61. The lowest BCUT2D eigenvalue weighted by Crippen LogP contribution is -2.11. The monoisotopic (exact) mass is 532 g/mol. The van der Waals surface area contributed by atoms with Crippen molar-refractivity contribution in [3.63, 3.8) is 0 Å². The van der Waals surface area contributed by atoms with Crippen LogP contribution in [-0.2, 0) is 6.61 Å². The van der Waals surface area contributed by atoms with Crippen LogP contribution in [0, 0.1) is 22.9 Å². The molecule has 35 heavy (non-hydrogen) atoms. The van der Waals surface area contributed by atoms with Crippen molar-refractivity contribution in [1.29, 1.82) is 0 Å². The van der Waals surface area contributed by atoms with Gasteiger partial charge in [0.25, 0.3) is 0 Å². The second kappa shape index (κ2) is 11.1. The van der Waals surface area contributed by atoms with Gasteiger partial charge in [-0.2, -0.15) is 0 Å². The summed E-state index contributed by atoms with van der Waals surface area (Å²) in [5.74, 6) is 0.488. The quantitative estimate of drug-likeness (QED) is 0.135. The topological polar surface area (TPSA) is 83.1 Å². The number of hydrogen-bond acceptors (Lipinski definition) is 6. The summed E-state index contributed by atoms with van der Waals surface area (Å²) in [6, 6.07) is 18.6. The summed E-state index contributed by atoms with van der Waals surface area (Å²) in [5, 5.41) is 20.1. The van der Waals surface area contributed by atoms with Gasteiger partial charge in [0.15, 0.2) is 10.9 Å². The molecule has 0 bridgehead atoms. The van der Waals surface area contributed by atoms with Gasteiger partial charge >= 0.3 is 0 Å². The highest BCUT2D eigenvalue weighted by Gasteiger charge is 2.26. The minimum absolute atomic E-state index is 0.0586. The molecule has 0 radical (unpaired) electrons. The van der Waals surface area contributed by atoms with Gasteiger partial charge < -0.3 is 4.74 Å². The standard InChI is InChI=1S/C24H19Cl2FN4O3S/c1-15-28-29-24(31(15)19-8-3-2-4-9-19)35-22(13-30(32)33)17-11-20(25)23(21(26)12-17)34-14-16-6-5-7-18(27)10-16/h2-12,22H,13-14H2,1H3/t22-/m1/s1. The maximum absolute atomic E-state index is 13.4. The lowest BCUT2D eigenvalue weighted by Gasteiger charge is -2.17. The molecule has 0 aliphatic heterocycles. The highest BCUT2D eigenvalue weighted by atomic mass is 35.5. The average molecular weight is 533 g/mol. The zero-order valence-corrected chi connectivity index (χ0v) is 20.7. The molecule has 0 aliphatic rings. The van der Waals surface area contributed by atoms with Crippen LogP contribution in [0.4, 0.5) is 4.39 Å². The van der Waals surface area contributed by atoms with Crippen molar-refractivity contribution in [2.24, 2.45) is 0 Å². The Morgan fingerprint density at radius 1 is 1.09 bits per heavy atom. The summed E-state index contributed by atoms with van der Waals surface area (Å²) in [4.78, 5) is 11.1. The minimum Gasteiger partial charge on any atom is -0.486 e. The first kappa shape index (κ1) is 25.0. The number of hydrogen-bond donors (Lipinski definition) is 0. The van der Waals surface area contributed by atoms with Crippen LogP contribution in [0.25, 0.3) is 5.69 Å². The summed E-state index contributed by atoms with van der Waals surface area (Å²) >= 11 is 14.1. The molecule has 1 aromatic heterocycles. The predicted molar refractivity (Wildman–Crippen MR) is 134 cm³/mol. The SMILES string of the molecule is Cc1nnc(S[C@H](C[N+](=O)[O-])c2cc(Cl)c(OCc3cccc(F)c3)c(Cl)c2)n1-c1ccccc1. The van der Waals surface area contributed by atoms with Crippen molar-refractivity contribution >= 4 is 35.0 Å². The van der Waals surface area contributed by atoms with Crippen molar-refractivity contribution in [2.45, 2.75) is 23.9 Å². The molecular formula is C24H19Cl2FN4O3S. The van der Waals surface area contributed by atoms with Crippen LogP contribution < -0.4 is 4.74 Å². The van der Waals surface area contributed by atoms with E-state index in [0.29, 0.717) is 22.1 Å². The molecule has 0 N–H and O–H groups in total. The van der Waals surface area contributed by atoms with Crippen LogP contribution in [0.2, 0.25) is 10.0 Å². The van der Waals surface area contributed by atoms with Crippen LogP contribution >= 0.6 is 35.0 Å². The van der Waals surface area contributed by atoms with E-state index >= 15 is 0 Å². The first-order chi connectivity index (χ1) is 16.8. The Bertz CT molecular complexity index is 1330. The summed E-state index contributed by atoms with van der Waals surface area (Å²) in [6.45, 7) is 1.48. The number of halogens is 3. The Hall–Kier alpha value is -3.14. The Kier molecular flexibility index (Phi) is 7.90. The van der Waals surface area contributed by atoms with E-state index in [1.165, 1.54) is 23.9 Å². The third-order valence-electron chi connectivity index (χ3n) is 5.04. The predicted octanol–water partition coefficient (Wildman–Crippen LogP) is 6.71. The van der Waals surface area contributed by atoms with Gasteiger partial charge in [0, 0.05) is 10.6 Å². The van der Waals surface area contributed by atoms with Gasteiger partial charge in [0.1, 0.15) is 23.5 Å².